The lowest BCUT2D eigenvalue weighted by Gasteiger charge is -2.04. The molecule has 140 valence electrons. The SMILES string of the molecule is COC(=O)Cc1c(C)[nH]c(C=C2C(=O)Nc3ncc(N)cc32)c1C(=O)OC. The van der Waals surface area contributed by atoms with E-state index in [1.165, 1.54) is 26.5 Å². The number of esters is 2. The maximum atomic E-state index is 12.3. The molecule has 0 radical (unpaired) electrons. The van der Waals surface area contributed by atoms with Crippen LogP contribution in [0, 0.1) is 6.92 Å². The Bertz CT molecular complexity index is 990. The molecule has 2 aromatic rings. The number of nitrogens with zero attached hydrogens (tertiary/aromatic N) is 1. The molecule has 3 rings (SSSR count). The van der Waals surface area contributed by atoms with Crippen LogP contribution in [0.2, 0.25) is 0 Å². The topological polar surface area (TPSA) is 136 Å². The summed E-state index contributed by atoms with van der Waals surface area (Å²) in [6.07, 6.45) is 2.85. The second-order valence-corrected chi connectivity index (χ2v) is 5.94. The van der Waals surface area contributed by atoms with E-state index < -0.39 is 11.9 Å². The number of rotatable bonds is 4. The standard InChI is InChI=1S/C18H18N4O5/c1-8-10(6-14(23)26-2)15(18(25)27-3)13(21-8)5-12-11-4-9(19)7-20-16(11)22-17(12)24/h4-5,7,21H,6,19H2,1-3H3,(H,20,22,24). The molecule has 9 nitrogen and oxygen atoms in total. The Morgan fingerprint density at radius 1 is 1.30 bits per heavy atom. The number of H-pyrrole nitrogens is 1. The van der Waals surface area contributed by atoms with Crippen LogP contribution in [-0.4, -0.2) is 42.0 Å². The Labute approximate surface area is 154 Å². The van der Waals surface area contributed by atoms with E-state index >= 15 is 0 Å². The van der Waals surface area contributed by atoms with Gasteiger partial charge in [0, 0.05) is 11.3 Å². The highest BCUT2D eigenvalue weighted by Gasteiger charge is 2.28. The van der Waals surface area contributed by atoms with E-state index in [0.717, 1.165) is 0 Å². The average molecular weight is 370 g/mol. The molecule has 0 saturated carbocycles. The molecule has 1 aliphatic rings. The van der Waals surface area contributed by atoms with Gasteiger partial charge in [0.15, 0.2) is 0 Å². The van der Waals surface area contributed by atoms with Crippen molar-refractivity contribution in [2.24, 2.45) is 0 Å². The van der Waals surface area contributed by atoms with Gasteiger partial charge >= 0.3 is 11.9 Å². The maximum Gasteiger partial charge on any atom is 0.340 e. The number of nitrogens with two attached hydrogens (primary N) is 1. The largest absolute Gasteiger partial charge is 0.469 e. The number of aryl methyl sites for hydroxylation is 1. The van der Waals surface area contributed by atoms with Crippen molar-refractivity contribution in [3.63, 3.8) is 0 Å². The van der Waals surface area contributed by atoms with Crippen LogP contribution in [0.5, 0.6) is 0 Å². The number of nitrogen functional groups attached to an aromatic ring is 1. The minimum absolute atomic E-state index is 0.107. The minimum Gasteiger partial charge on any atom is -0.469 e. The molecule has 9 heteroatoms. The Kier molecular flexibility index (Phi) is 4.68. The summed E-state index contributed by atoms with van der Waals surface area (Å²) < 4.78 is 9.54. The second kappa shape index (κ2) is 6.94. The summed E-state index contributed by atoms with van der Waals surface area (Å²) in [5.41, 5.74) is 8.55. The van der Waals surface area contributed by atoms with Crippen molar-refractivity contribution in [1.82, 2.24) is 9.97 Å². The molecule has 0 fully saturated rings. The lowest BCUT2D eigenvalue weighted by Crippen LogP contribution is -2.11. The molecule has 0 spiro atoms. The number of anilines is 2. The van der Waals surface area contributed by atoms with Gasteiger partial charge in [-0.15, -0.1) is 0 Å². The van der Waals surface area contributed by atoms with E-state index in [4.69, 9.17) is 15.2 Å². The fourth-order valence-corrected chi connectivity index (χ4v) is 2.94. The summed E-state index contributed by atoms with van der Waals surface area (Å²) in [4.78, 5) is 43.5. The zero-order chi connectivity index (χ0) is 19.7. The first-order valence-corrected chi connectivity index (χ1v) is 8.01. The van der Waals surface area contributed by atoms with E-state index in [1.807, 2.05) is 0 Å². The van der Waals surface area contributed by atoms with Gasteiger partial charge in [0.25, 0.3) is 5.91 Å². The van der Waals surface area contributed by atoms with Crippen LogP contribution >= 0.6 is 0 Å². The maximum absolute atomic E-state index is 12.3. The molecule has 27 heavy (non-hydrogen) atoms. The number of amides is 1. The predicted octanol–water partition coefficient (Wildman–Crippen LogP) is 1.30. The van der Waals surface area contributed by atoms with Gasteiger partial charge in [0.1, 0.15) is 5.82 Å². The van der Waals surface area contributed by atoms with Gasteiger partial charge in [-0.1, -0.05) is 0 Å². The summed E-state index contributed by atoms with van der Waals surface area (Å²) in [7, 11) is 2.51. The van der Waals surface area contributed by atoms with Crippen LogP contribution in [0.25, 0.3) is 11.6 Å². The quantitative estimate of drug-likeness (QED) is 0.545. The number of hydrogen-bond donors (Lipinski definition) is 3. The van der Waals surface area contributed by atoms with E-state index in [0.29, 0.717) is 39.6 Å². The normalized spacial score (nSPS) is 14.0. The monoisotopic (exact) mass is 370 g/mol. The van der Waals surface area contributed by atoms with E-state index in [-0.39, 0.29) is 17.9 Å². The first-order valence-electron chi connectivity index (χ1n) is 8.01. The summed E-state index contributed by atoms with van der Waals surface area (Å²) in [5, 5.41) is 2.64. The fraction of sp³-hybridized carbons (Fsp3) is 0.222. The smallest absolute Gasteiger partial charge is 0.340 e. The number of nitrogens with one attached hydrogen (secondary N) is 2. The average Bonchev–Trinajstić information content (AvgIpc) is 3.11. The molecule has 0 saturated heterocycles. The third-order valence-corrected chi connectivity index (χ3v) is 4.25. The molecule has 2 aromatic heterocycles. The molecular weight excluding hydrogens is 352 g/mol. The van der Waals surface area contributed by atoms with Gasteiger partial charge in [0.05, 0.1) is 49.4 Å². The first-order chi connectivity index (χ1) is 12.8. The number of ether oxygens (including phenoxy) is 2. The van der Waals surface area contributed by atoms with Crippen LogP contribution < -0.4 is 11.1 Å². The van der Waals surface area contributed by atoms with Crippen molar-refractivity contribution in [2.75, 3.05) is 25.3 Å². The van der Waals surface area contributed by atoms with Crippen LogP contribution in [-0.2, 0) is 25.5 Å². The van der Waals surface area contributed by atoms with Gasteiger partial charge in [-0.05, 0) is 24.6 Å². The Morgan fingerprint density at radius 3 is 2.70 bits per heavy atom. The van der Waals surface area contributed by atoms with Crippen LogP contribution in [0.3, 0.4) is 0 Å². The predicted molar refractivity (Wildman–Crippen MR) is 97.7 cm³/mol. The van der Waals surface area contributed by atoms with Crippen molar-refractivity contribution in [3.8, 4) is 0 Å². The molecule has 0 aromatic carbocycles. The number of aromatic amines is 1. The molecule has 3 heterocycles. The van der Waals surface area contributed by atoms with Crippen molar-refractivity contribution < 1.29 is 23.9 Å². The van der Waals surface area contributed by atoms with Crippen molar-refractivity contribution >= 4 is 41.0 Å². The molecule has 1 amide bonds. The number of carbonyl (C=O) groups is 3. The highest BCUT2D eigenvalue weighted by atomic mass is 16.5. The van der Waals surface area contributed by atoms with E-state index in [9.17, 15) is 14.4 Å². The molecular formula is C18H18N4O5. The minimum atomic E-state index is -0.630. The number of carbonyl (C=O) groups excluding carboxylic acids is 3. The summed E-state index contributed by atoms with van der Waals surface area (Å²) in [6.45, 7) is 1.72. The van der Waals surface area contributed by atoms with Gasteiger partial charge in [-0.3, -0.25) is 9.59 Å². The van der Waals surface area contributed by atoms with Crippen molar-refractivity contribution in [3.05, 3.63) is 40.3 Å². The van der Waals surface area contributed by atoms with Crippen molar-refractivity contribution in [2.45, 2.75) is 13.3 Å². The Balaban J connectivity index is 2.15. The summed E-state index contributed by atoms with van der Waals surface area (Å²) >= 11 is 0. The third-order valence-electron chi connectivity index (χ3n) is 4.25. The number of hydrogen-bond acceptors (Lipinski definition) is 7. The molecule has 0 unspecified atom stereocenters. The zero-order valence-electron chi connectivity index (χ0n) is 15.0. The molecule has 0 atom stereocenters. The lowest BCUT2D eigenvalue weighted by atomic mass is 10.0. The molecule has 0 bridgehead atoms. The lowest BCUT2D eigenvalue weighted by molar-refractivity contribution is -0.139. The van der Waals surface area contributed by atoms with Crippen LogP contribution in [0.1, 0.15) is 32.9 Å². The Hall–Kier alpha value is -3.62. The van der Waals surface area contributed by atoms with Gasteiger partial charge in [0.2, 0.25) is 0 Å². The number of methoxy groups -OCH3 is 2. The molecule has 4 N–H and O–H groups in total. The Morgan fingerprint density at radius 2 is 2.04 bits per heavy atom. The molecule has 0 aliphatic carbocycles. The van der Waals surface area contributed by atoms with Crippen LogP contribution in [0.4, 0.5) is 11.5 Å². The highest BCUT2D eigenvalue weighted by Crippen LogP contribution is 2.34. The van der Waals surface area contributed by atoms with E-state index in [1.54, 1.807) is 13.0 Å². The molecule has 1 aliphatic heterocycles. The summed E-state index contributed by atoms with van der Waals surface area (Å²) in [6, 6.07) is 1.62. The summed E-state index contributed by atoms with van der Waals surface area (Å²) in [5.74, 6) is -1.12. The first kappa shape index (κ1) is 18.2. The van der Waals surface area contributed by atoms with Gasteiger partial charge in [-0.2, -0.15) is 0 Å². The number of aromatic nitrogens is 2. The van der Waals surface area contributed by atoms with E-state index in [2.05, 4.69) is 15.3 Å². The zero-order valence-corrected chi connectivity index (χ0v) is 15.0. The van der Waals surface area contributed by atoms with Gasteiger partial charge in [-0.25, -0.2) is 9.78 Å². The van der Waals surface area contributed by atoms with Gasteiger partial charge < -0.3 is 25.5 Å². The second-order valence-electron chi connectivity index (χ2n) is 5.94. The number of fused-ring (bicyclic) bond motifs is 1. The third kappa shape index (κ3) is 3.26. The highest BCUT2D eigenvalue weighted by molar-refractivity contribution is 6.34. The fourth-order valence-electron chi connectivity index (χ4n) is 2.94. The van der Waals surface area contributed by atoms with Crippen LogP contribution in [0.15, 0.2) is 12.3 Å². The number of pyridine rings is 1. The van der Waals surface area contributed by atoms with Crippen molar-refractivity contribution in [1.29, 1.82) is 0 Å².